The highest BCUT2D eigenvalue weighted by Crippen LogP contribution is 2.26. The third-order valence-electron chi connectivity index (χ3n) is 6.34. The highest BCUT2D eigenvalue weighted by Gasteiger charge is 2.27. The van der Waals surface area contributed by atoms with Crippen LogP contribution in [-0.4, -0.2) is 75.5 Å². The second-order valence-corrected chi connectivity index (χ2v) is 8.53. The second-order valence-electron chi connectivity index (χ2n) is 8.53. The number of nitrogens with zero attached hydrogens (tertiary/aromatic N) is 6. The maximum atomic E-state index is 12.8. The van der Waals surface area contributed by atoms with Gasteiger partial charge in [0.1, 0.15) is 5.82 Å². The molecular formula is C23H30N6O. The van der Waals surface area contributed by atoms with Crippen LogP contribution in [0.15, 0.2) is 24.3 Å². The van der Waals surface area contributed by atoms with Crippen molar-refractivity contribution >= 4 is 5.91 Å². The number of amides is 1. The molecule has 0 radical (unpaired) electrons. The number of hydrogen-bond acceptors (Lipinski definition) is 5. The molecule has 2 aliphatic rings. The Hall–Kier alpha value is -2.69. The summed E-state index contributed by atoms with van der Waals surface area (Å²) in [5.41, 5.74) is 3.75. The number of imidazole rings is 1. The number of hydrogen-bond donors (Lipinski definition) is 0. The van der Waals surface area contributed by atoms with Crippen LogP contribution in [0, 0.1) is 18.3 Å². The molecule has 2 aromatic rings. The molecule has 0 unspecified atom stereocenters. The van der Waals surface area contributed by atoms with E-state index in [1.165, 1.54) is 0 Å². The summed E-state index contributed by atoms with van der Waals surface area (Å²) in [6.07, 6.45) is 0.839. The summed E-state index contributed by atoms with van der Waals surface area (Å²) in [5.74, 6) is 1.30. The molecule has 0 bridgehead atoms. The van der Waals surface area contributed by atoms with E-state index in [1.54, 1.807) is 0 Å². The van der Waals surface area contributed by atoms with E-state index in [0.717, 1.165) is 61.9 Å². The molecule has 1 aromatic carbocycles. The van der Waals surface area contributed by atoms with Crippen LogP contribution < -0.4 is 0 Å². The lowest BCUT2D eigenvalue weighted by molar-refractivity contribution is -0.135. The van der Waals surface area contributed by atoms with E-state index in [4.69, 9.17) is 10.2 Å². The van der Waals surface area contributed by atoms with Crippen molar-refractivity contribution in [2.75, 3.05) is 39.3 Å². The van der Waals surface area contributed by atoms with Gasteiger partial charge in [0.2, 0.25) is 5.91 Å². The molecule has 0 saturated carbocycles. The Morgan fingerprint density at radius 3 is 2.47 bits per heavy atom. The maximum Gasteiger partial charge on any atom is 0.236 e. The number of piperazine rings is 1. The predicted octanol–water partition coefficient (Wildman–Crippen LogP) is 2.10. The summed E-state index contributed by atoms with van der Waals surface area (Å²) in [5, 5.41) is 9.01. The highest BCUT2D eigenvalue weighted by molar-refractivity contribution is 5.78. The minimum absolute atomic E-state index is 0.229. The van der Waals surface area contributed by atoms with Crippen LogP contribution >= 0.6 is 0 Å². The SMILES string of the molecule is Cc1c(-c2ccc(C#N)cc2)nc2n1CN(CC(=O)N1CCN(C(C)C)CC1)CC2. The van der Waals surface area contributed by atoms with Crippen molar-refractivity contribution in [1.29, 1.82) is 5.26 Å². The van der Waals surface area contributed by atoms with Crippen molar-refractivity contribution in [1.82, 2.24) is 24.3 Å². The summed E-state index contributed by atoms with van der Waals surface area (Å²) in [6.45, 7) is 12.1. The number of benzene rings is 1. The van der Waals surface area contributed by atoms with Crippen LogP contribution in [0.4, 0.5) is 0 Å². The molecule has 4 rings (SSSR count). The quantitative estimate of drug-likeness (QED) is 0.778. The Morgan fingerprint density at radius 2 is 1.83 bits per heavy atom. The van der Waals surface area contributed by atoms with E-state index in [9.17, 15) is 4.79 Å². The van der Waals surface area contributed by atoms with Crippen LogP contribution in [-0.2, 0) is 17.9 Å². The van der Waals surface area contributed by atoms with E-state index in [1.807, 2.05) is 29.2 Å². The van der Waals surface area contributed by atoms with Crippen LogP contribution in [0.5, 0.6) is 0 Å². The van der Waals surface area contributed by atoms with Gasteiger partial charge in [0.05, 0.1) is 30.5 Å². The van der Waals surface area contributed by atoms with Gasteiger partial charge < -0.3 is 9.47 Å². The molecule has 7 nitrogen and oxygen atoms in total. The lowest BCUT2D eigenvalue weighted by Gasteiger charge is -2.38. The van der Waals surface area contributed by atoms with E-state index >= 15 is 0 Å². The number of fused-ring (bicyclic) bond motifs is 1. The fourth-order valence-electron chi connectivity index (χ4n) is 4.38. The van der Waals surface area contributed by atoms with E-state index in [2.05, 4.69) is 41.2 Å². The van der Waals surface area contributed by atoms with Gasteiger partial charge in [-0.05, 0) is 32.9 Å². The van der Waals surface area contributed by atoms with Crippen molar-refractivity contribution in [2.24, 2.45) is 0 Å². The van der Waals surface area contributed by atoms with Crippen LogP contribution in [0.1, 0.15) is 30.9 Å². The zero-order valence-corrected chi connectivity index (χ0v) is 18.1. The Kier molecular flexibility index (Phi) is 5.89. The number of nitriles is 1. The van der Waals surface area contributed by atoms with E-state index in [0.29, 0.717) is 24.8 Å². The molecule has 2 aliphatic heterocycles. The van der Waals surface area contributed by atoms with Crippen LogP contribution in [0.25, 0.3) is 11.3 Å². The smallest absolute Gasteiger partial charge is 0.236 e. The van der Waals surface area contributed by atoms with Crippen LogP contribution in [0.2, 0.25) is 0 Å². The Bertz CT molecular complexity index is 947. The van der Waals surface area contributed by atoms with Crippen molar-refractivity contribution in [3.63, 3.8) is 0 Å². The summed E-state index contributed by atoms with van der Waals surface area (Å²) >= 11 is 0. The average molecular weight is 407 g/mol. The maximum absolute atomic E-state index is 12.8. The minimum Gasteiger partial charge on any atom is -0.339 e. The molecule has 1 aromatic heterocycles. The topological polar surface area (TPSA) is 68.4 Å². The molecule has 158 valence electrons. The normalized spacial score (nSPS) is 17.8. The van der Waals surface area contributed by atoms with Gasteiger partial charge in [0, 0.05) is 56.4 Å². The molecule has 3 heterocycles. The molecule has 1 saturated heterocycles. The summed E-state index contributed by atoms with van der Waals surface area (Å²) in [6, 6.07) is 10.3. The van der Waals surface area contributed by atoms with Gasteiger partial charge in [-0.25, -0.2) is 4.98 Å². The van der Waals surface area contributed by atoms with Gasteiger partial charge in [0.25, 0.3) is 0 Å². The highest BCUT2D eigenvalue weighted by atomic mass is 16.2. The van der Waals surface area contributed by atoms with Gasteiger partial charge >= 0.3 is 0 Å². The molecule has 7 heteroatoms. The number of aromatic nitrogens is 2. The number of rotatable bonds is 4. The molecule has 0 N–H and O–H groups in total. The number of carbonyl (C=O) groups excluding carboxylic acids is 1. The minimum atomic E-state index is 0.229. The lowest BCUT2D eigenvalue weighted by Crippen LogP contribution is -2.53. The fourth-order valence-corrected chi connectivity index (χ4v) is 4.38. The molecule has 0 aliphatic carbocycles. The van der Waals surface area contributed by atoms with Gasteiger partial charge in [-0.2, -0.15) is 5.26 Å². The first-order valence-corrected chi connectivity index (χ1v) is 10.8. The molecular weight excluding hydrogens is 376 g/mol. The van der Waals surface area contributed by atoms with Gasteiger partial charge in [-0.15, -0.1) is 0 Å². The lowest BCUT2D eigenvalue weighted by atomic mass is 10.1. The van der Waals surface area contributed by atoms with Crippen molar-refractivity contribution in [2.45, 2.75) is 39.9 Å². The van der Waals surface area contributed by atoms with Crippen LogP contribution in [0.3, 0.4) is 0 Å². The zero-order valence-electron chi connectivity index (χ0n) is 18.1. The van der Waals surface area contributed by atoms with Gasteiger partial charge in [-0.3, -0.25) is 14.6 Å². The average Bonchev–Trinajstić information content (AvgIpc) is 3.10. The Labute approximate surface area is 178 Å². The van der Waals surface area contributed by atoms with E-state index in [-0.39, 0.29) is 5.91 Å². The largest absolute Gasteiger partial charge is 0.339 e. The zero-order chi connectivity index (χ0) is 21.3. The molecule has 0 atom stereocenters. The standard InChI is InChI=1S/C23H30N6O/c1-17(2)27-10-12-28(13-11-27)22(30)15-26-9-8-21-25-23(18(3)29(21)16-26)20-6-4-19(14-24)5-7-20/h4-7,17H,8-13,15-16H2,1-3H3. The predicted molar refractivity (Wildman–Crippen MR) is 116 cm³/mol. The summed E-state index contributed by atoms with van der Waals surface area (Å²) in [4.78, 5) is 24.4. The molecule has 1 fully saturated rings. The third-order valence-corrected chi connectivity index (χ3v) is 6.34. The molecule has 0 spiro atoms. The number of carbonyl (C=O) groups is 1. The fraction of sp³-hybridized carbons (Fsp3) is 0.522. The second kappa shape index (κ2) is 8.58. The summed E-state index contributed by atoms with van der Waals surface area (Å²) in [7, 11) is 0. The third kappa shape index (κ3) is 4.11. The Morgan fingerprint density at radius 1 is 1.13 bits per heavy atom. The first-order valence-electron chi connectivity index (χ1n) is 10.8. The first kappa shape index (κ1) is 20.6. The Balaban J connectivity index is 1.41. The monoisotopic (exact) mass is 406 g/mol. The van der Waals surface area contributed by atoms with Crippen molar-refractivity contribution in [3.8, 4) is 17.3 Å². The van der Waals surface area contributed by atoms with Crippen molar-refractivity contribution < 1.29 is 4.79 Å². The molecule has 30 heavy (non-hydrogen) atoms. The first-order chi connectivity index (χ1) is 14.5. The van der Waals surface area contributed by atoms with Crippen molar-refractivity contribution in [3.05, 3.63) is 41.3 Å². The van der Waals surface area contributed by atoms with Gasteiger partial charge in [0.15, 0.2) is 0 Å². The summed E-state index contributed by atoms with van der Waals surface area (Å²) < 4.78 is 2.22. The van der Waals surface area contributed by atoms with E-state index < -0.39 is 0 Å². The van der Waals surface area contributed by atoms with Gasteiger partial charge in [-0.1, -0.05) is 12.1 Å². The molecule has 1 amide bonds.